The molecule has 0 saturated carbocycles. The van der Waals surface area contributed by atoms with Crippen LogP contribution in [-0.4, -0.2) is 5.97 Å². The lowest BCUT2D eigenvalue weighted by Crippen LogP contribution is -2.08. The van der Waals surface area contributed by atoms with Crippen molar-refractivity contribution < 1.29 is 9.53 Å². The van der Waals surface area contributed by atoms with Crippen LogP contribution < -0.4 is 0 Å². The molecule has 0 saturated heterocycles. The van der Waals surface area contributed by atoms with Crippen molar-refractivity contribution in [3.05, 3.63) is 59.7 Å². The lowest BCUT2D eigenvalue weighted by Gasteiger charge is -2.14. The van der Waals surface area contributed by atoms with E-state index in [1.165, 1.54) is 44.9 Å². The van der Waals surface area contributed by atoms with Gasteiger partial charge in [-0.2, -0.15) is 5.26 Å². The lowest BCUT2D eigenvalue weighted by atomic mass is 10.0. The normalized spacial score (nSPS) is 11.6. The molecule has 0 heterocycles. The third-order valence-corrected chi connectivity index (χ3v) is 5.52. The van der Waals surface area contributed by atoms with Crippen LogP contribution >= 0.6 is 0 Å². The SMILES string of the molecule is CCCCCCCCCCCC(=O)OC(C)c1ccc(-c2ccc(C#N)cc2)cc1. The van der Waals surface area contributed by atoms with Gasteiger partial charge in [0.25, 0.3) is 0 Å². The first-order valence-corrected chi connectivity index (χ1v) is 11.4. The summed E-state index contributed by atoms with van der Waals surface area (Å²) in [5.74, 6) is -0.110. The monoisotopic (exact) mass is 405 g/mol. The summed E-state index contributed by atoms with van der Waals surface area (Å²) < 4.78 is 5.61. The fourth-order valence-electron chi connectivity index (χ4n) is 3.59. The predicted octanol–water partition coefficient (Wildman–Crippen LogP) is 7.75. The second kappa shape index (κ2) is 13.6. The molecule has 3 nitrogen and oxygen atoms in total. The molecule has 30 heavy (non-hydrogen) atoms. The Morgan fingerprint density at radius 1 is 0.833 bits per heavy atom. The summed E-state index contributed by atoms with van der Waals surface area (Å²) in [6, 6.07) is 17.7. The van der Waals surface area contributed by atoms with Crippen LogP contribution in [0.2, 0.25) is 0 Å². The van der Waals surface area contributed by atoms with Crippen molar-refractivity contribution in [2.24, 2.45) is 0 Å². The summed E-state index contributed by atoms with van der Waals surface area (Å²) in [4.78, 5) is 12.1. The van der Waals surface area contributed by atoms with E-state index in [1.54, 1.807) is 0 Å². The Bertz CT molecular complexity index is 787. The molecule has 0 N–H and O–H groups in total. The average Bonchev–Trinajstić information content (AvgIpc) is 2.78. The summed E-state index contributed by atoms with van der Waals surface area (Å²) in [6.45, 7) is 4.16. The molecule has 0 aliphatic carbocycles. The van der Waals surface area contributed by atoms with E-state index in [-0.39, 0.29) is 12.1 Å². The van der Waals surface area contributed by atoms with Gasteiger partial charge in [0, 0.05) is 6.42 Å². The minimum absolute atomic E-state index is 0.110. The maximum absolute atomic E-state index is 12.1. The van der Waals surface area contributed by atoms with E-state index in [1.807, 2.05) is 55.5 Å². The van der Waals surface area contributed by atoms with Gasteiger partial charge < -0.3 is 4.74 Å². The Kier molecular flexibility index (Phi) is 10.7. The number of hydrogen-bond acceptors (Lipinski definition) is 3. The van der Waals surface area contributed by atoms with Gasteiger partial charge in [-0.15, -0.1) is 0 Å². The number of carbonyl (C=O) groups is 1. The van der Waals surface area contributed by atoms with Crippen molar-refractivity contribution in [1.82, 2.24) is 0 Å². The van der Waals surface area contributed by atoms with Crippen molar-refractivity contribution >= 4 is 5.97 Å². The number of nitrogens with zero attached hydrogens (tertiary/aromatic N) is 1. The first kappa shape index (κ1) is 23.7. The Labute approximate surface area is 182 Å². The number of unbranched alkanes of at least 4 members (excludes halogenated alkanes) is 8. The highest BCUT2D eigenvalue weighted by atomic mass is 16.5. The van der Waals surface area contributed by atoms with Gasteiger partial charge in [0.2, 0.25) is 0 Å². The standard InChI is InChI=1S/C27H35NO2/c1-3-4-5-6-7-8-9-10-11-12-27(29)30-22(2)24-17-19-26(20-18-24)25-15-13-23(21-28)14-16-25/h13-20,22H,3-12H2,1-2H3. The van der Waals surface area contributed by atoms with Crippen LogP contribution in [0.1, 0.15) is 95.3 Å². The number of carbonyl (C=O) groups excluding carboxylic acids is 1. The minimum atomic E-state index is -0.244. The quantitative estimate of drug-likeness (QED) is 0.253. The van der Waals surface area contributed by atoms with E-state index in [4.69, 9.17) is 10.00 Å². The molecule has 0 bridgehead atoms. The van der Waals surface area contributed by atoms with Gasteiger partial charge in [0.15, 0.2) is 0 Å². The average molecular weight is 406 g/mol. The van der Waals surface area contributed by atoms with Gasteiger partial charge in [-0.1, -0.05) is 94.7 Å². The van der Waals surface area contributed by atoms with Crippen LogP contribution in [0.4, 0.5) is 0 Å². The van der Waals surface area contributed by atoms with Gasteiger partial charge in [0.1, 0.15) is 6.10 Å². The Morgan fingerprint density at radius 2 is 1.33 bits per heavy atom. The van der Waals surface area contributed by atoms with Gasteiger partial charge >= 0.3 is 5.97 Å². The first-order valence-electron chi connectivity index (χ1n) is 11.4. The van der Waals surface area contributed by atoms with Crippen LogP contribution in [0, 0.1) is 11.3 Å². The molecule has 0 aliphatic heterocycles. The molecule has 0 spiro atoms. The molecule has 0 fully saturated rings. The zero-order valence-electron chi connectivity index (χ0n) is 18.5. The molecule has 0 radical (unpaired) electrons. The fourth-order valence-corrected chi connectivity index (χ4v) is 3.59. The molecule has 2 aromatic carbocycles. The van der Waals surface area contributed by atoms with E-state index >= 15 is 0 Å². The van der Waals surface area contributed by atoms with Gasteiger partial charge in [-0.3, -0.25) is 4.79 Å². The molecule has 0 aliphatic rings. The lowest BCUT2D eigenvalue weighted by molar-refractivity contribution is -0.148. The van der Waals surface area contributed by atoms with Gasteiger partial charge in [-0.05, 0) is 42.2 Å². The second-order valence-electron chi connectivity index (χ2n) is 8.02. The molecular formula is C27H35NO2. The smallest absolute Gasteiger partial charge is 0.306 e. The number of rotatable bonds is 13. The first-order chi connectivity index (χ1) is 14.6. The molecule has 0 aromatic heterocycles. The fraction of sp³-hybridized carbons (Fsp3) is 0.481. The van der Waals surface area contributed by atoms with Crippen LogP contribution in [0.5, 0.6) is 0 Å². The summed E-state index contributed by atoms with van der Waals surface area (Å²) in [6.07, 6.45) is 11.4. The Morgan fingerprint density at radius 3 is 1.87 bits per heavy atom. The highest BCUT2D eigenvalue weighted by Gasteiger charge is 2.12. The third-order valence-electron chi connectivity index (χ3n) is 5.52. The summed E-state index contributed by atoms with van der Waals surface area (Å²) in [5, 5.41) is 8.91. The Balaban J connectivity index is 1.68. The van der Waals surface area contributed by atoms with Crippen molar-refractivity contribution in [3.8, 4) is 17.2 Å². The number of nitriles is 1. The van der Waals surface area contributed by atoms with Gasteiger partial charge in [-0.25, -0.2) is 0 Å². The summed E-state index contributed by atoms with van der Waals surface area (Å²) in [5.41, 5.74) is 3.79. The minimum Gasteiger partial charge on any atom is -0.458 e. The van der Waals surface area contributed by atoms with E-state index in [0.717, 1.165) is 29.5 Å². The molecule has 2 rings (SSSR count). The molecular weight excluding hydrogens is 370 g/mol. The Hall–Kier alpha value is -2.60. The molecule has 0 amide bonds. The van der Waals surface area contributed by atoms with E-state index in [2.05, 4.69) is 13.0 Å². The predicted molar refractivity (Wildman–Crippen MR) is 123 cm³/mol. The number of ether oxygens (including phenoxy) is 1. The van der Waals surface area contributed by atoms with Crippen molar-refractivity contribution in [1.29, 1.82) is 5.26 Å². The number of benzene rings is 2. The zero-order valence-corrected chi connectivity index (χ0v) is 18.5. The van der Waals surface area contributed by atoms with Crippen molar-refractivity contribution in [2.75, 3.05) is 0 Å². The molecule has 3 heteroatoms. The molecule has 2 aromatic rings. The molecule has 1 atom stereocenters. The van der Waals surface area contributed by atoms with Crippen LogP contribution in [0.15, 0.2) is 48.5 Å². The maximum Gasteiger partial charge on any atom is 0.306 e. The van der Waals surface area contributed by atoms with E-state index in [9.17, 15) is 4.79 Å². The van der Waals surface area contributed by atoms with E-state index in [0.29, 0.717) is 12.0 Å². The second-order valence-corrected chi connectivity index (χ2v) is 8.02. The summed E-state index contributed by atoms with van der Waals surface area (Å²) in [7, 11) is 0. The van der Waals surface area contributed by atoms with Crippen molar-refractivity contribution in [3.63, 3.8) is 0 Å². The van der Waals surface area contributed by atoms with E-state index < -0.39 is 0 Å². The highest BCUT2D eigenvalue weighted by Crippen LogP contribution is 2.24. The van der Waals surface area contributed by atoms with Crippen LogP contribution in [-0.2, 0) is 9.53 Å². The van der Waals surface area contributed by atoms with Crippen LogP contribution in [0.3, 0.4) is 0 Å². The zero-order chi connectivity index (χ0) is 21.6. The number of esters is 1. The molecule has 1 unspecified atom stereocenters. The maximum atomic E-state index is 12.1. The third kappa shape index (κ3) is 8.41. The van der Waals surface area contributed by atoms with Crippen molar-refractivity contribution in [2.45, 2.75) is 84.2 Å². The number of hydrogen-bond donors (Lipinski definition) is 0. The largest absolute Gasteiger partial charge is 0.458 e. The topological polar surface area (TPSA) is 50.1 Å². The van der Waals surface area contributed by atoms with Gasteiger partial charge in [0.05, 0.1) is 11.6 Å². The molecule has 160 valence electrons. The highest BCUT2D eigenvalue weighted by molar-refractivity contribution is 5.70. The summed E-state index contributed by atoms with van der Waals surface area (Å²) >= 11 is 0. The van der Waals surface area contributed by atoms with Crippen LogP contribution in [0.25, 0.3) is 11.1 Å².